The van der Waals surface area contributed by atoms with Crippen molar-refractivity contribution in [3.05, 3.63) is 17.2 Å². The van der Waals surface area contributed by atoms with Gasteiger partial charge in [0.25, 0.3) is 0 Å². The Morgan fingerprint density at radius 2 is 2.17 bits per heavy atom. The largest absolute Gasteiger partial charge is 0.346 e. The molecule has 0 radical (unpaired) electrons. The minimum absolute atomic E-state index is 0.281. The molecule has 1 atom stereocenters. The number of hydrogen-bond donors (Lipinski definition) is 2. The van der Waals surface area contributed by atoms with Gasteiger partial charge in [-0.1, -0.05) is 18.5 Å². The zero-order valence-electron chi connectivity index (χ0n) is 11.1. The third-order valence-electron chi connectivity index (χ3n) is 3.65. The average Bonchev–Trinajstić information content (AvgIpc) is 2.82. The van der Waals surface area contributed by atoms with Crippen LogP contribution in [0.4, 0.5) is 0 Å². The fraction of sp³-hybridized carbons (Fsp3) is 0.750. The van der Waals surface area contributed by atoms with Gasteiger partial charge in [-0.2, -0.15) is 0 Å². The minimum Gasteiger partial charge on any atom is -0.346 e. The van der Waals surface area contributed by atoms with Crippen LogP contribution in [0.25, 0.3) is 0 Å². The first kappa shape index (κ1) is 13.8. The molecule has 6 heteroatoms. The van der Waals surface area contributed by atoms with Crippen molar-refractivity contribution in [2.24, 2.45) is 0 Å². The van der Waals surface area contributed by atoms with Gasteiger partial charge in [-0.15, -0.1) is 0 Å². The van der Waals surface area contributed by atoms with Crippen LogP contribution in [0.3, 0.4) is 0 Å². The fourth-order valence-corrected chi connectivity index (χ4v) is 2.75. The van der Waals surface area contributed by atoms with Crippen LogP contribution in [0.15, 0.2) is 6.33 Å². The number of imidazole rings is 1. The molecule has 0 aliphatic carbocycles. The van der Waals surface area contributed by atoms with Crippen LogP contribution in [0.2, 0.25) is 5.15 Å². The van der Waals surface area contributed by atoms with Gasteiger partial charge in [0.05, 0.1) is 18.1 Å². The van der Waals surface area contributed by atoms with Crippen molar-refractivity contribution in [1.29, 1.82) is 0 Å². The Morgan fingerprint density at radius 1 is 1.44 bits per heavy atom. The number of halogens is 1. The SMILES string of the molecule is CCN1CCN(C(CNC)c2[nH]cnc2Cl)CC1. The summed E-state index contributed by atoms with van der Waals surface area (Å²) in [6.07, 6.45) is 1.67. The fourth-order valence-electron chi connectivity index (χ4n) is 2.52. The molecule has 1 unspecified atom stereocenters. The van der Waals surface area contributed by atoms with Crippen molar-refractivity contribution in [1.82, 2.24) is 25.1 Å². The van der Waals surface area contributed by atoms with E-state index in [1.54, 1.807) is 6.33 Å². The number of piperazine rings is 1. The van der Waals surface area contributed by atoms with Gasteiger partial charge in [0, 0.05) is 32.7 Å². The first-order valence-electron chi connectivity index (χ1n) is 6.56. The molecule has 0 saturated carbocycles. The Kier molecular flexibility index (Phi) is 5.00. The van der Waals surface area contributed by atoms with E-state index < -0.39 is 0 Å². The molecule has 0 amide bonds. The summed E-state index contributed by atoms with van der Waals surface area (Å²) in [5.74, 6) is 0. The van der Waals surface area contributed by atoms with Gasteiger partial charge in [-0.05, 0) is 13.6 Å². The maximum absolute atomic E-state index is 6.14. The minimum atomic E-state index is 0.281. The highest BCUT2D eigenvalue weighted by Gasteiger charge is 2.26. The summed E-state index contributed by atoms with van der Waals surface area (Å²) in [6.45, 7) is 8.64. The maximum Gasteiger partial charge on any atom is 0.151 e. The molecule has 1 aromatic heterocycles. The Morgan fingerprint density at radius 3 is 2.67 bits per heavy atom. The molecule has 2 rings (SSSR count). The van der Waals surface area contributed by atoms with Gasteiger partial charge in [0.2, 0.25) is 0 Å². The van der Waals surface area contributed by atoms with Gasteiger partial charge in [-0.3, -0.25) is 4.90 Å². The number of nitrogens with one attached hydrogen (secondary N) is 2. The summed E-state index contributed by atoms with van der Waals surface area (Å²) in [6, 6.07) is 0.281. The summed E-state index contributed by atoms with van der Waals surface area (Å²) >= 11 is 6.14. The second-order valence-electron chi connectivity index (χ2n) is 4.65. The molecule has 0 aromatic carbocycles. The number of rotatable bonds is 5. The lowest BCUT2D eigenvalue weighted by molar-refractivity contribution is 0.0976. The molecule has 0 bridgehead atoms. The highest BCUT2D eigenvalue weighted by Crippen LogP contribution is 2.25. The van der Waals surface area contributed by atoms with Crippen molar-refractivity contribution in [2.75, 3.05) is 46.3 Å². The zero-order chi connectivity index (χ0) is 13.0. The monoisotopic (exact) mass is 271 g/mol. The quantitative estimate of drug-likeness (QED) is 0.838. The Labute approximate surface area is 114 Å². The van der Waals surface area contributed by atoms with Gasteiger partial charge in [0.1, 0.15) is 0 Å². The van der Waals surface area contributed by atoms with E-state index in [4.69, 9.17) is 11.6 Å². The lowest BCUT2D eigenvalue weighted by Gasteiger charge is -2.38. The second kappa shape index (κ2) is 6.52. The number of nitrogens with zero attached hydrogens (tertiary/aromatic N) is 3. The molecular weight excluding hydrogens is 250 g/mol. The summed E-state index contributed by atoms with van der Waals surface area (Å²) in [4.78, 5) is 12.2. The molecule has 18 heavy (non-hydrogen) atoms. The van der Waals surface area contributed by atoms with Crippen molar-refractivity contribution >= 4 is 11.6 Å². The van der Waals surface area contributed by atoms with Crippen LogP contribution >= 0.6 is 11.6 Å². The number of likely N-dealkylation sites (N-methyl/N-ethyl adjacent to an activating group) is 2. The number of hydrogen-bond acceptors (Lipinski definition) is 4. The first-order valence-corrected chi connectivity index (χ1v) is 6.93. The Bertz CT molecular complexity index is 359. The van der Waals surface area contributed by atoms with Gasteiger partial charge >= 0.3 is 0 Å². The predicted molar refractivity (Wildman–Crippen MR) is 74.0 cm³/mol. The summed E-state index contributed by atoms with van der Waals surface area (Å²) in [7, 11) is 1.97. The van der Waals surface area contributed by atoms with E-state index in [1.165, 1.54) is 0 Å². The van der Waals surface area contributed by atoms with Crippen LogP contribution in [0.5, 0.6) is 0 Å². The van der Waals surface area contributed by atoms with E-state index in [9.17, 15) is 0 Å². The van der Waals surface area contributed by atoms with E-state index in [2.05, 4.69) is 32.0 Å². The van der Waals surface area contributed by atoms with Crippen LogP contribution in [0, 0.1) is 0 Å². The summed E-state index contributed by atoms with van der Waals surface area (Å²) in [5.41, 5.74) is 1.02. The molecule has 2 heterocycles. The Hall–Kier alpha value is -0.620. The highest BCUT2D eigenvalue weighted by molar-refractivity contribution is 6.30. The zero-order valence-corrected chi connectivity index (χ0v) is 11.9. The Balaban J connectivity index is 2.05. The molecule has 0 spiro atoms. The maximum atomic E-state index is 6.14. The van der Waals surface area contributed by atoms with E-state index in [-0.39, 0.29) is 6.04 Å². The second-order valence-corrected chi connectivity index (χ2v) is 5.01. The molecule has 1 aliphatic heterocycles. The van der Waals surface area contributed by atoms with Gasteiger partial charge < -0.3 is 15.2 Å². The van der Waals surface area contributed by atoms with E-state index >= 15 is 0 Å². The molecule has 1 saturated heterocycles. The molecule has 1 aliphatic rings. The van der Waals surface area contributed by atoms with E-state index in [1.807, 2.05) is 7.05 Å². The highest BCUT2D eigenvalue weighted by atomic mass is 35.5. The molecule has 1 fully saturated rings. The lowest BCUT2D eigenvalue weighted by atomic mass is 10.1. The van der Waals surface area contributed by atoms with Gasteiger partial charge in [0.15, 0.2) is 5.15 Å². The van der Waals surface area contributed by atoms with Crippen molar-refractivity contribution in [3.8, 4) is 0 Å². The third kappa shape index (κ3) is 3.03. The van der Waals surface area contributed by atoms with Crippen LogP contribution in [-0.2, 0) is 0 Å². The predicted octanol–water partition coefficient (Wildman–Crippen LogP) is 0.961. The first-order chi connectivity index (χ1) is 8.76. The molecule has 5 nitrogen and oxygen atoms in total. The van der Waals surface area contributed by atoms with Gasteiger partial charge in [-0.25, -0.2) is 4.98 Å². The van der Waals surface area contributed by atoms with Crippen LogP contribution in [-0.4, -0.2) is 66.1 Å². The molecular formula is C12H22ClN5. The topological polar surface area (TPSA) is 47.2 Å². The van der Waals surface area contributed by atoms with Crippen LogP contribution < -0.4 is 5.32 Å². The summed E-state index contributed by atoms with van der Waals surface area (Å²) in [5, 5.41) is 3.83. The van der Waals surface area contributed by atoms with E-state index in [0.717, 1.165) is 45.0 Å². The standard InChI is InChI=1S/C12H22ClN5/c1-3-17-4-6-18(7-5-17)10(8-14-2)11-12(13)16-9-15-11/h9-10,14H,3-8H2,1-2H3,(H,15,16). The normalized spacial score (nSPS) is 20.2. The van der Waals surface area contributed by atoms with Crippen LogP contribution in [0.1, 0.15) is 18.7 Å². The van der Waals surface area contributed by atoms with Crippen molar-refractivity contribution < 1.29 is 0 Å². The number of aromatic amines is 1. The molecule has 102 valence electrons. The lowest BCUT2D eigenvalue weighted by Crippen LogP contribution is -2.49. The number of aromatic nitrogens is 2. The summed E-state index contributed by atoms with van der Waals surface area (Å²) < 4.78 is 0. The third-order valence-corrected chi connectivity index (χ3v) is 3.95. The average molecular weight is 272 g/mol. The van der Waals surface area contributed by atoms with E-state index in [0.29, 0.717) is 5.15 Å². The number of H-pyrrole nitrogens is 1. The van der Waals surface area contributed by atoms with Crippen molar-refractivity contribution in [2.45, 2.75) is 13.0 Å². The smallest absolute Gasteiger partial charge is 0.151 e. The van der Waals surface area contributed by atoms with Crippen molar-refractivity contribution in [3.63, 3.8) is 0 Å². The molecule has 1 aromatic rings. The molecule has 2 N–H and O–H groups in total.